The second-order valence-corrected chi connectivity index (χ2v) is 4.61. The van der Waals surface area contributed by atoms with Crippen LogP contribution in [0.15, 0.2) is 6.20 Å². The molecule has 0 aliphatic carbocycles. The molecule has 90 valence electrons. The summed E-state index contributed by atoms with van der Waals surface area (Å²) in [6.45, 7) is 6.32. The summed E-state index contributed by atoms with van der Waals surface area (Å²) >= 11 is 0. The van der Waals surface area contributed by atoms with Gasteiger partial charge in [-0.1, -0.05) is 5.21 Å². The van der Waals surface area contributed by atoms with E-state index < -0.39 is 11.4 Å². The summed E-state index contributed by atoms with van der Waals surface area (Å²) in [5.41, 5.74) is 0.281. The van der Waals surface area contributed by atoms with Crippen molar-refractivity contribution in [2.75, 3.05) is 0 Å². The molecule has 0 saturated carbocycles. The number of aryl methyl sites for hydroxylation is 2. The van der Waals surface area contributed by atoms with Crippen LogP contribution in [-0.2, 0) is 17.8 Å². The molecule has 16 heavy (non-hydrogen) atoms. The van der Waals surface area contributed by atoms with Crippen LogP contribution in [0.5, 0.6) is 0 Å². The number of hydrogen-bond donors (Lipinski definition) is 1. The van der Waals surface area contributed by atoms with Crippen LogP contribution in [0.1, 0.15) is 39.3 Å². The van der Waals surface area contributed by atoms with Gasteiger partial charge in [0.1, 0.15) is 0 Å². The normalized spacial score (nSPS) is 11.7. The molecule has 0 aliphatic heterocycles. The van der Waals surface area contributed by atoms with Gasteiger partial charge in [0.25, 0.3) is 0 Å². The Kier molecular flexibility index (Phi) is 4.04. The van der Waals surface area contributed by atoms with E-state index in [9.17, 15) is 4.79 Å². The average molecular weight is 225 g/mol. The molecule has 1 rings (SSSR count). The minimum Gasteiger partial charge on any atom is -0.481 e. The van der Waals surface area contributed by atoms with Gasteiger partial charge in [-0.2, -0.15) is 0 Å². The van der Waals surface area contributed by atoms with Gasteiger partial charge in [0, 0.05) is 12.7 Å². The van der Waals surface area contributed by atoms with Crippen molar-refractivity contribution < 1.29 is 9.90 Å². The van der Waals surface area contributed by atoms with E-state index in [2.05, 4.69) is 10.3 Å². The van der Waals surface area contributed by atoms with E-state index in [0.717, 1.165) is 25.1 Å². The number of carbonyl (C=O) groups is 1. The van der Waals surface area contributed by atoms with E-state index in [1.54, 1.807) is 18.5 Å². The average Bonchev–Trinajstić information content (AvgIpc) is 2.65. The predicted molar refractivity (Wildman–Crippen MR) is 60.1 cm³/mol. The number of hydrogen-bond acceptors (Lipinski definition) is 3. The zero-order valence-electron chi connectivity index (χ0n) is 10.1. The van der Waals surface area contributed by atoms with Crippen molar-refractivity contribution in [2.24, 2.45) is 5.41 Å². The molecule has 0 aliphatic rings. The molecule has 1 N–H and O–H groups in total. The molecule has 0 bridgehead atoms. The van der Waals surface area contributed by atoms with Gasteiger partial charge < -0.3 is 5.11 Å². The predicted octanol–water partition coefficient (Wildman–Crippen LogP) is 1.73. The second-order valence-electron chi connectivity index (χ2n) is 4.61. The summed E-state index contributed by atoms with van der Waals surface area (Å²) in [7, 11) is 0. The summed E-state index contributed by atoms with van der Waals surface area (Å²) in [6, 6.07) is 0. The molecule has 0 fully saturated rings. The van der Waals surface area contributed by atoms with Crippen LogP contribution >= 0.6 is 0 Å². The maximum atomic E-state index is 10.9. The first-order chi connectivity index (χ1) is 7.45. The fourth-order valence-corrected chi connectivity index (χ4v) is 1.43. The van der Waals surface area contributed by atoms with Gasteiger partial charge in [-0.25, -0.2) is 0 Å². The molecule has 5 heteroatoms. The third-order valence-corrected chi connectivity index (χ3v) is 2.72. The lowest BCUT2D eigenvalue weighted by Gasteiger charge is -2.17. The zero-order chi connectivity index (χ0) is 12.2. The molecule has 0 amide bonds. The van der Waals surface area contributed by atoms with Crippen molar-refractivity contribution in [3.8, 4) is 0 Å². The maximum absolute atomic E-state index is 10.9. The summed E-state index contributed by atoms with van der Waals surface area (Å²) in [6.07, 6.45) is 4.17. The van der Waals surface area contributed by atoms with Crippen LogP contribution in [-0.4, -0.2) is 26.1 Å². The van der Waals surface area contributed by atoms with Gasteiger partial charge in [-0.3, -0.25) is 9.48 Å². The molecule has 0 saturated heterocycles. The Morgan fingerprint density at radius 2 is 2.25 bits per heavy atom. The van der Waals surface area contributed by atoms with Crippen molar-refractivity contribution in [1.29, 1.82) is 0 Å². The standard InChI is InChI=1S/C11H19N3O2/c1-4-14-8-9(12-13-14)6-5-7-11(2,3)10(15)16/h8H,4-7H2,1-3H3,(H,15,16). The van der Waals surface area contributed by atoms with Gasteiger partial charge in [-0.05, 0) is 40.0 Å². The Bertz CT molecular complexity index is 358. The molecule has 0 unspecified atom stereocenters. The Labute approximate surface area is 95.5 Å². The van der Waals surface area contributed by atoms with Crippen LogP contribution in [0.2, 0.25) is 0 Å². The summed E-state index contributed by atoms with van der Waals surface area (Å²) < 4.78 is 1.78. The highest BCUT2D eigenvalue weighted by Gasteiger charge is 2.26. The zero-order valence-corrected chi connectivity index (χ0v) is 10.1. The SMILES string of the molecule is CCn1cc(CCCC(C)(C)C(=O)O)nn1. The summed E-state index contributed by atoms with van der Waals surface area (Å²) in [5.74, 6) is -0.746. The van der Waals surface area contributed by atoms with Crippen LogP contribution in [0, 0.1) is 5.41 Å². The van der Waals surface area contributed by atoms with Crippen molar-refractivity contribution in [3.05, 3.63) is 11.9 Å². The van der Waals surface area contributed by atoms with Crippen LogP contribution < -0.4 is 0 Å². The molecular weight excluding hydrogens is 206 g/mol. The van der Waals surface area contributed by atoms with Crippen molar-refractivity contribution in [3.63, 3.8) is 0 Å². The minimum absolute atomic E-state index is 0.652. The number of rotatable bonds is 6. The highest BCUT2D eigenvalue weighted by atomic mass is 16.4. The van der Waals surface area contributed by atoms with Crippen molar-refractivity contribution in [1.82, 2.24) is 15.0 Å². The van der Waals surface area contributed by atoms with E-state index in [1.807, 2.05) is 13.1 Å². The first-order valence-electron chi connectivity index (χ1n) is 5.58. The number of carboxylic acid groups (broad SMARTS) is 1. The van der Waals surface area contributed by atoms with E-state index in [-0.39, 0.29) is 0 Å². The monoisotopic (exact) mass is 225 g/mol. The molecule has 5 nitrogen and oxygen atoms in total. The Morgan fingerprint density at radius 1 is 1.56 bits per heavy atom. The lowest BCUT2D eigenvalue weighted by atomic mass is 9.87. The number of aliphatic carboxylic acids is 1. The quantitative estimate of drug-likeness (QED) is 0.800. The Morgan fingerprint density at radius 3 is 2.75 bits per heavy atom. The van der Waals surface area contributed by atoms with Gasteiger partial charge in [-0.15, -0.1) is 5.10 Å². The van der Waals surface area contributed by atoms with E-state index in [1.165, 1.54) is 0 Å². The van der Waals surface area contributed by atoms with Crippen LogP contribution in [0.25, 0.3) is 0 Å². The molecule has 1 heterocycles. The van der Waals surface area contributed by atoms with Crippen molar-refractivity contribution >= 4 is 5.97 Å². The number of nitrogens with zero attached hydrogens (tertiary/aromatic N) is 3. The van der Waals surface area contributed by atoms with Gasteiger partial charge in [0.2, 0.25) is 0 Å². The topological polar surface area (TPSA) is 68.0 Å². The Hall–Kier alpha value is -1.39. The van der Waals surface area contributed by atoms with Crippen LogP contribution in [0.3, 0.4) is 0 Å². The first-order valence-corrected chi connectivity index (χ1v) is 5.58. The number of carboxylic acids is 1. The summed E-state index contributed by atoms with van der Waals surface area (Å²) in [5, 5.41) is 16.9. The van der Waals surface area contributed by atoms with E-state index >= 15 is 0 Å². The third kappa shape index (κ3) is 3.32. The molecule has 0 aromatic carbocycles. The molecule has 0 radical (unpaired) electrons. The fraction of sp³-hybridized carbons (Fsp3) is 0.727. The first kappa shape index (κ1) is 12.7. The lowest BCUT2D eigenvalue weighted by Crippen LogP contribution is -2.23. The third-order valence-electron chi connectivity index (χ3n) is 2.72. The molecule has 1 aromatic heterocycles. The highest BCUT2D eigenvalue weighted by Crippen LogP contribution is 2.23. The fourth-order valence-electron chi connectivity index (χ4n) is 1.43. The van der Waals surface area contributed by atoms with Crippen molar-refractivity contribution in [2.45, 2.75) is 46.6 Å². The second kappa shape index (κ2) is 5.09. The van der Waals surface area contributed by atoms with Crippen LogP contribution in [0.4, 0.5) is 0 Å². The molecule has 0 atom stereocenters. The smallest absolute Gasteiger partial charge is 0.309 e. The molecule has 1 aromatic rings. The molecule has 0 spiro atoms. The number of aromatic nitrogens is 3. The van der Waals surface area contributed by atoms with Gasteiger partial charge in [0.15, 0.2) is 0 Å². The maximum Gasteiger partial charge on any atom is 0.309 e. The lowest BCUT2D eigenvalue weighted by molar-refractivity contribution is -0.147. The van der Waals surface area contributed by atoms with E-state index in [4.69, 9.17) is 5.11 Å². The van der Waals surface area contributed by atoms with E-state index in [0.29, 0.717) is 6.42 Å². The Balaban J connectivity index is 2.38. The minimum atomic E-state index is -0.746. The highest BCUT2D eigenvalue weighted by molar-refractivity contribution is 5.73. The summed E-state index contributed by atoms with van der Waals surface area (Å²) in [4.78, 5) is 10.9. The largest absolute Gasteiger partial charge is 0.481 e. The molecular formula is C11H19N3O2. The van der Waals surface area contributed by atoms with Gasteiger partial charge >= 0.3 is 5.97 Å². The van der Waals surface area contributed by atoms with Gasteiger partial charge in [0.05, 0.1) is 11.1 Å².